The lowest BCUT2D eigenvalue weighted by atomic mass is 10.1. The molecule has 0 aromatic rings. The van der Waals surface area contributed by atoms with E-state index in [0.29, 0.717) is 26.2 Å². The first-order valence-electron chi connectivity index (χ1n) is 6.69. The normalized spacial score (nSPS) is 11.8. The van der Waals surface area contributed by atoms with Gasteiger partial charge in [-0.1, -0.05) is 13.8 Å². The highest BCUT2D eigenvalue weighted by atomic mass is 16.6. The molecule has 0 heterocycles. The molecule has 0 bridgehead atoms. The van der Waals surface area contributed by atoms with Crippen LogP contribution < -0.4 is 0 Å². The van der Waals surface area contributed by atoms with Crippen LogP contribution >= 0.6 is 0 Å². The summed E-state index contributed by atoms with van der Waals surface area (Å²) in [5, 5.41) is 0. The summed E-state index contributed by atoms with van der Waals surface area (Å²) in [6.45, 7) is 8.78. The van der Waals surface area contributed by atoms with Crippen LogP contribution in [0.25, 0.3) is 0 Å². The minimum atomic E-state index is -0.351. The Kier molecular flexibility index (Phi) is 9.06. The van der Waals surface area contributed by atoms with Crippen molar-refractivity contribution in [3.63, 3.8) is 0 Å². The molecule has 5 nitrogen and oxygen atoms in total. The summed E-state index contributed by atoms with van der Waals surface area (Å²) in [6, 6.07) is -0.150. The summed E-state index contributed by atoms with van der Waals surface area (Å²) in [5.74, 6) is -0.269. The number of ether oxygens (including phenoxy) is 2. The third-order valence-electron chi connectivity index (χ3n) is 2.59. The van der Waals surface area contributed by atoms with Gasteiger partial charge in [-0.25, -0.2) is 4.79 Å². The molecular weight excluding hydrogens is 234 g/mol. The van der Waals surface area contributed by atoms with Crippen LogP contribution in [0.1, 0.15) is 47.0 Å². The Morgan fingerprint density at radius 3 is 2.11 bits per heavy atom. The van der Waals surface area contributed by atoms with Crippen LogP contribution in [-0.4, -0.2) is 42.8 Å². The van der Waals surface area contributed by atoms with Gasteiger partial charge in [-0.2, -0.15) is 0 Å². The summed E-state index contributed by atoms with van der Waals surface area (Å²) < 4.78 is 9.94. The second-order valence-electron chi connectivity index (χ2n) is 3.96. The summed E-state index contributed by atoms with van der Waals surface area (Å²) in [5.41, 5.74) is 0. The van der Waals surface area contributed by atoms with Crippen LogP contribution in [0.5, 0.6) is 0 Å². The van der Waals surface area contributed by atoms with Gasteiger partial charge in [-0.15, -0.1) is 0 Å². The lowest BCUT2D eigenvalue weighted by molar-refractivity contribution is -0.144. The number of hydrogen-bond donors (Lipinski definition) is 0. The molecule has 0 aliphatic rings. The van der Waals surface area contributed by atoms with E-state index < -0.39 is 0 Å². The fourth-order valence-corrected chi connectivity index (χ4v) is 1.76. The molecule has 0 aliphatic heterocycles. The molecule has 1 amide bonds. The standard InChI is InChI=1S/C13H25NO4/c1-5-9-14(13(16)18-8-4)11(6-2)10-12(15)17-7-3/h11H,5-10H2,1-4H3. The van der Waals surface area contributed by atoms with Gasteiger partial charge in [0.25, 0.3) is 0 Å². The first kappa shape index (κ1) is 16.7. The Hall–Kier alpha value is -1.26. The van der Waals surface area contributed by atoms with Crippen LogP contribution in [0.2, 0.25) is 0 Å². The third kappa shape index (κ3) is 5.89. The van der Waals surface area contributed by atoms with Gasteiger partial charge in [0, 0.05) is 12.6 Å². The first-order valence-corrected chi connectivity index (χ1v) is 6.69. The fourth-order valence-electron chi connectivity index (χ4n) is 1.76. The van der Waals surface area contributed by atoms with Crippen LogP contribution in [0, 0.1) is 0 Å². The molecule has 106 valence electrons. The average Bonchev–Trinajstić information content (AvgIpc) is 2.34. The summed E-state index contributed by atoms with van der Waals surface area (Å²) >= 11 is 0. The largest absolute Gasteiger partial charge is 0.466 e. The molecule has 5 heteroatoms. The molecule has 0 rings (SSSR count). The van der Waals surface area contributed by atoms with Crippen LogP contribution in [0.4, 0.5) is 4.79 Å². The number of amides is 1. The van der Waals surface area contributed by atoms with Crippen molar-refractivity contribution >= 4 is 12.1 Å². The molecule has 1 atom stereocenters. The molecule has 0 fully saturated rings. The lowest BCUT2D eigenvalue weighted by Gasteiger charge is -2.29. The molecule has 0 aliphatic carbocycles. The molecule has 0 saturated heterocycles. The van der Waals surface area contributed by atoms with Gasteiger partial charge in [0.05, 0.1) is 19.6 Å². The number of esters is 1. The van der Waals surface area contributed by atoms with E-state index in [2.05, 4.69) is 0 Å². The van der Waals surface area contributed by atoms with Crippen LogP contribution in [0.15, 0.2) is 0 Å². The maximum Gasteiger partial charge on any atom is 0.410 e. The monoisotopic (exact) mass is 259 g/mol. The first-order chi connectivity index (χ1) is 8.60. The van der Waals surface area contributed by atoms with Crippen molar-refractivity contribution in [2.45, 2.75) is 53.0 Å². The van der Waals surface area contributed by atoms with E-state index in [-0.39, 0.29) is 24.5 Å². The third-order valence-corrected chi connectivity index (χ3v) is 2.59. The van der Waals surface area contributed by atoms with Crippen molar-refractivity contribution < 1.29 is 19.1 Å². The van der Waals surface area contributed by atoms with E-state index in [0.717, 1.165) is 6.42 Å². The van der Waals surface area contributed by atoms with E-state index in [4.69, 9.17) is 9.47 Å². The van der Waals surface area contributed by atoms with Gasteiger partial charge in [0.15, 0.2) is 0 Å². The van der Waals surface area contributed by atoms with Gasteiger partial charge in [-0.05, 0) is 26.7 Å². The number of nitrogens with zero attached hydrogens (tertiary/aromatic N) is 1. The molecule has 0 saturated carbocycles. The van der Waals surface area contributed by atoms with E-state index in [9.17, 15) is 9.59 Å². The van der Waals surface area contributed by atoms with Crippen molar-refractivity contribution in [2.24, 2.45) is 0 Å². The smallest absolute Gasteiger partial charge is 0.410 e. The fraction of sp³-hybridized carbons (Fsp3) is 0.846. The van der Waals surface area contributed by atoms with Gasteiger partial charge in [0.1, 0.15) is 0 Å². The molecule has 18 heavy (non-hydrogen) atoms. The molecule has 0 N–H and O–H groups in total. The minimum absolute atomic E-state index is 0.150. The number of carbonyl (C=O) groups is 2. The highest BCUT2D eigenvalue weighted by Gasteiger charge is 2.25. The van der Waals surface area contributed by atoms with Gasteiger partial charge >= 0.3 is 12.1 Å². The Morgan fingerprint density at radius 2 is 1.67 bits per heavy atom. The zero-order chi connectivity index (χ0) is 14.0. The van der Waals surface area contributed by atoms with E-state index in [1.54, 1.807) is 18.7 Å². The number of rotatable bonds is 8. The highest BCUT2D eigenvalue weighted by Crippen LogP contribution is 2.12. The van der Waals surface area contributed by atoms with E-state index >= 15 is 0 Å². The number of hydrogen-bond acceptors (Lipinski definition) is 4. The molecule has 0 aromatic carbocycles. The Labute approximate surface area is 109 Å². The average molecular weight is 259 g/mol. The van der Waals surface area contributed by atoms with Crippen LogP contribution in [-0.2, 0) is 14.3 Å². The SMILES string of the molecule is CCCN(C(=O)OCC)C(CC)CC(=O)OCC. The maximum atomic E-state index is 11.8. The van der Waals surface area contributed by atoms with E-state index in [1.807, 2.05) is 13.8 Å². The number of carbonyl (C=O) groups excluding carboxylic acids is 2. The highest BCUT2D eigenvalue weighted by molar-refractivity contribution is 5.72. The summed E-state index contributed by atoms with van der Waals surface area (Å²) in [4.78, 5) is 25.0. The summed E-state index contributed by atoms with van der Waals surface area (Å²) in [7, 11) is 0. The second kappa shape index (κ2) is 9.74. The van der Waals surface area contributed by atoms with Crippen molar-refractivity contribution in [3.05, 3.63) is 0 Å². The van der Waals surface area contributed by atoms with Crippen molar-refractivity contribution in [1.29, 1.82) is 0 Å². The van der Waals surface area contributed by atoms with E-state index in [1.165, 1.54) is 0 Å². The van der Waals surface area contributed by atoms with Crippen molar-refractivity contribution in [3.8, 4) is 0 Å². The van der Waals surface area contributed by atoms with Gasteiger partial charge in [0.2, 0.25) is 0 Å². The quantitative estimate of drug-likeness (QED) is 0.629. The van der Waals surface area contributed by atoms with Gasteiger partial charge < -0.3 is 14.4 Å². The Bertz CT molecular complexity index is 255. The predicted octanol–water partition coefficient (Wildman–Crippen LogP) is 2.59. The zero-order valence-electron chi connectivity index (χ0n) is 11.9. The second-order valence-corrected chi connectivity index (χ2v) is 3.96. The topological polar surface area (TPSA) is 55.8 Å². The van der Waals surface area contributed by atoms with Gasteiger partial charge in [-0.3, -0.25) is 4.79 Å². The van der Waals surface area contributed by atoms with Crippen molar-refractivity contribution in [2.75, 3.05) is 19.8 Å². The van der Waals surface area contributed by atoms with Crippen molar-refractivity contribution in [1.82, 2.24) is 4.90 Å². The minimum Gasteiger partial charge on any atom is -0.466 e. The Balaban J connectivity index is 4.60. The predicted molar refractivity (Wildman–Crippen MR) is 69.3 cm³/mol. The molecule has 0 aromatic heterocycles. The summed E-state index contributed by atoms with van der Waals surface area (Å²) in [6.07, 6.45) is 1.41. The lowest BCUT2D eigenvalue weighted by Crippen LogP contribution is -2.42. The molecule has 0 radical (unpaired) electrons. The zero-order valence-corrected chi connectivity index (χ0v) is 11.9. The molecule has 1 unspecified atom stereocenters. The molecule has 0 spiro atoms. The van der Waals surface area contributed by atoms with Crippen LogP contribution in [0.3, 0.4) is 0 Å². The Morgan fingerprint density at radius 1 is 1.06 bits per heavy atom. The molecular formula is C13H25NO4. The maximum absolute atomic E-state index is 11.8.